The first-order valence-electron chi connectivity index (χ1n) is 10.8. The summed E-state index contributed by atoms with van der Waals surface area (Å²) >= 11 is 4.87. The molecule has 4 aromatic heterocycles. The number of nitrogens with one attached hydrogen (secondary N) is 2. The van der Waals surface area contributed by atoms with Crippen LogP contribution >= 0.6 is 27.7 Å². The fourth-order valence-corrected chi connectivity index (χ4v) is 5.19. The summed E-state index contributed by atoms with van der Waals surface area (Å²) in [6.07, 6.45) is 1.52. The molecule has 4 rings (SSSR count). The van der Waals surface area contributed by atoms with E-state index in [0.717, 1.165) is 6.42 Å². The van der Waals surface area contributed by atoms with Gasteiger partial charge in [0.15, 0.2) is 32.2 Å². The molecule has 0 aliphatic heterocycles. The third-order valence-electron chi connectivity index (χ3n) is 5.62. The van der Waals surface area contributed by atoms with Crippen molar-refractivity contribution in [3.8, 4) is 0 Å². The van der Waals surface area contributed by atoms with Gasteiger partial charge in [-0.05, 0) is 34.7 Å². The SMILES string of the molecule is CC(C)CCn1c(SCCCn2c(Br)nc3c2c(=O)[nH]c(=O)n3C)nc2c1c(=O)[nH]c(=O)n2C. The first-order valence-corrected chi connectivity index (χ1v) is 12.5. The number of rotatable bonds is 8. The highest BCUT2D eigenvalue weighted by molar-refractivity contribution is 9.10. The van der Waals surface area contributed by atoms with Crippen LogP contribution in [0.3, 0.4) is 0 Å². The Morgan fingerprint density at radius 3 is 2.03 bits per heavy atom. The van der Waals surface area contributed by atoms with Crippen LogP contribution in [0.1, 0.15) is 26.7 Å². The number of H-pyrrole nitrogens is 2. The van der Waals surface area contributed by atoms with Gasteiger partial charge in [-0.3, -0.25) is 28.7 Å². The molecule has 0 aliphatic rings. The van der Waals surface area contributed by atoms with E-state index in [4.69, 9.17) is 0 Å². The van der Waals surface area contributed by atoms with Crippen molar-refractivity contribution >= 4 is 50.0 Å². The molecule has 34 heavy (non-hydrogen) atoms. The van der Waals surface area contributed by atoms with E-state index < -0.39 is 22.5 Å². The van der Waals surface area contributed by atoms with Crippen molar-refractivity contribution in [3.05, 3.63) is 46.4 Å². The van der Waals surface area contributed by atoms with Gasteiger partial charge >= 0.3 is 11.4 Å². The minimum Gasteiger partial charge on any atom is -0.313 e. The molecule has 0 bridgehead atoms. The number of hydrogen-bond acceptors (Lipinski definition) is 7. The van der Waals surface area contributed by atoms with Gasteiger partial charge in [-0.2, -0.15) is 0 Å². The van der Waals surface area contributed by atoms with Gasteiger partial charge in [0.05, 0.1) is 0 Å². The lowest BCUT2D eigenvalue weighted by Crippen LogP contribution is -2.29. The first-order chi connectivity index (χ1) is 16.1. The van der Waals surface area contributed by atoms with Gasteiger partial charge in [-0.15, -0.1) is 0 Å². The number of thioether (sulfide) groups is 1. The van der Waals surface area contributed by atoms with Crippen molar-refractivity contribution in [2.24, 2.45) is 20.0 Å². The van der Waals surface area contributed by atoms with Crippen molar-refractivity contribution in [2.75, 3.05) is 5.75 Å². The van der Waals surface area contributed by atoms with E-state index in [1.807, 2.05) is 4.57 Å². The summed E-state index contributed by atoms with van der Waals surface area (Å²) < 4.78 is 6.71. The van der Waals surface area contributed by atoms with Crippen molar-refractivity contribution in [1.29, 1.82) is 0 Å². The molecule has 0 unspecified atom stereocenters. The molecular formula is C20H25BrN8O4S. The number of aryl methyl sites for hydroxylation is 4. The van der Waals surface area contributed by atoms with Gasteiger partial charge in [0, 0.05) is 32.9 Å². The maximum absolute atomic E-state index is 12.6. The van der Waals surface area contributed by atoms with Crippen LogP contribution in [0.2, 0.25) is 0 Å². The number of hydrogen-bond donors (Lipinski definition) is 2. The van der Waals surface area contributed by atoms with Crippen LogP contribution in [-0.4, -0.2) is 44.0 Å². The maximum atomic E-state index is 12.6. The fourth-order valence-electron chi connectivity index (χ4n) is 3.72. The lowest BCUT2D eigenvalue weighted by molar-refractivity contribution is 0.503. The molecule has 0 aliphatic carbocycles. The quantitative estimate of drug-likeness (QED) is 0.189. The number of aromatic nitrogens is 8. The van der Waals surface area contributed by atoms with Crippen LogP contribution in [-0.2, 0) is 27.2 Å². The van der Waals surface area contributed by atoms with E-state index in [0.29, 0.717) is 63.4 Å². The number of imidazole rings is 2. The summed E-state index contributed by atoms with van der Waals surface area (Å²) in [6.45, 7) is 5.31. The Morgan fingerprint density at radius 1 is 0.882 bits per heavy atom. The second kappa shape index (κ2) is 9.41. The average molecular weight is 553 g/mol. The van der Waals surface area contributed by atoms with E-state index in [9.17, 15) is 19.2 Å². The van der Waals surface area contributed by atoms with Gasteiger partial charge in [0.2, 0.25) is 0 Å². The molecule has 0 amide bonds. The van der Waals surface area contributed by atoms with E-state index in [1.165, 1.54) is 20.9 Å². The number of aromatic amines is 2. The Bertz CT molecular complexity index is 1620. The summed E-state index contributed by atoms with van der Waals surface area (Å²) in [5.74, 6) is 1.08. The van der Waals surface area contributed by atoms with Gasteiger partial charge in [0.1, 0.15) is 0 Å². The molecule has 4 heterocycles. The number of nitrogens with zero attached hydrogens (tertiary/aromatic N) is 6. The highest BCUT2D eigenvalue weighted by Gasteiger charge is 2.19. The lowest BCUT2D eigenvalue weighted by Gasteiger charge is -2.10. The zero-order chi connectivity index (χ0) is 24.7. The largest absolute Gasteiger partial charge is 0.329 e. The van der Waals surface area contributed by atoms with Gasteiger partial charge < -0.3 is 9.13 Å². The molecular weight excluding hydrogens is 528 g/mol. The van der Waals surface area contributed by atoms with E-state index in [-0.39, 0.29) is 0 Å². The molecule has 0 aromatic carbocycles. The average Bonchev–Trinajstić information content (AvgIpc) is 3.30. The maximum Gasteiger partial charge on any atom is 0.329 e. The molecule has 182 valence electrons. The number of fused-ring (bicyclic) bond motifs is 2. The molecule has 4 aromatic rings. The van der Waals surface area contributed by atoms with Crippen molar-refractivity contribution in [1.82, 2.24) is 38.2 Å². The Balaban J connectivity index is 1.60. The molecule has 0 fully saturated rings. The van der Waals surface area contributed by atoms with Crippen LogP contribution in [0, 0.1) is 5.92 Å². The normalized spacial score (nSPS) is 11.9. The predicted octanol–water partition coefficient (Wildman–Crippen LogP) is 1.15. The van der Waals surface area contributed by atoms with Crippen molar-refractivity contribution < 1.29 is 0 Å². The summed E-state index contributed by atoms with van der Waals surface area (Å²) in [4.78, 5) is 62.4. The Kier molecular flexibility index (Phi) is 6.71. The summed E-state index contributed by atoms with van der Waals surface area (Å²) in [5.41, 5.74) is -0.571. The number of halogens is 1. The van der Waals surface area contributed by atoms with Gasteiger partial charge in [-0.1, -0.05) is 25.6 Å². The van der Waals surface area contributed by atoms with Crippen LogP contribution in [0.4, 0.5) is 0 Å². The van der Waals surface area contributed by atoms with Crippen molar-refractivity contribution in [2.45, 2.75) is 44.9 Å². The predicted molar refractivity (Wildman–Crippen MR) is 134 cm³/mol. The van der Waals surface area contributed by atoms with Gasteiger partial charge in [-0.25, -0.2) is 19.6 Å². The van der Waals surface area contributed by atoms with E-state index in [2.05, 4.69) is 49.7 Å². The minimum absolute atomic E-state index is 0.309. The lowest BCUT2D eigenvalue weighted by atomic mass is 10.1. The highest BCUT2D eigenvalue weighted by Crippen LogP contribution is 2.24. The molecule has 0 saturated heterocycles. The summed E-state index contributed by atoms with van der Waals surface area (Å²) in [5, 5.41) is 0.664. The van der Waals surface area contributed by atoms with Crippen molar-refractivity contribution in [3.63, 3.8) is 0 Å². The third-order valence-corrected chi connectivity index (χ3v) is 7.29. The molecule has 0 saturated carbocycles. The first kappa shape index (κ1) is 24.3. The molecule has 2 N–H and O–H groups in total. The molecule has 0 atom stereocenters. The molecule has 12 nitrogen and oxygen atoms in total. The monoisotopic (exact) mass is 552 g/mol. The fraction of sp³-hybridized carbons (Fsp3) is 0.500. The third kappa shape index (κ3) is 4.31. The molecule has 0 radical (unpaired) electrons. The smallest absolute Gasteiger partial charge is 0.313 e. The Morgan fingerprint density at radius 2 is 1.44 bits per heavy atom. The molecule has 0 spiro atoms. The Hall–Kier alpha value is -2.87. The standard InChI is InChI=1S/C20H25BrN8O4S/c1-10(2)6-8-29-12-14(27(4)19(33)25-16(12)31)23-20(29)34-9-5-7-28-11-13(22-17(28)21)26(3)18(32)24-15(11)30/h10H,5-9H2,1-4H3,(H,24,30,32)(H,25,31,33). The second-order valence-electron chi connectivity index (χ2n) is 8.44. The Labute approximate surface area is 205 Å². The summed E-state index contributed by atoms with van der Waals surface area (Å²) in [7, 11) is 3.14. The van der Waals surface area contributed by atoms with Crippen LogP contribution < -0.4 is 22.5 Å². The second-order valence-corrected chi connectivity index (χ2v) is 10.2. The zero-order valence-corrected chi connectivity index (χ0v) is 21.6. The minimum atomic E-state index is -0.519. The van der Waals surface area contributed by atoms with Gasteiger partial charge in [0.25, 0.3) is 11.1 Å². The highest BCUT2D eigenvalue weighted by atomic mass is 79.9. The van der Waals surface area contributed by atoms with Crippen LogP contribution in [0.25, 0.3) is 22.3 Å². The summed E-state index contributed by atoms with van der Waals surface area (Å²) in [6, 6.07) is 0. The van der Waals surface area contributed by atoms with E-state index in [1.54, 1.807) is 18.7 Å². The molecule has 14 heteroatoms. The van der Waals surface area contributed by atoms with Crippen LogP contribution in [0.15, 0.2) is 29.1 Å². The zero-order valence-electron chi connectivity index (χ0n) is 19.2. The van der Waals surface area contributed by atoms with Crippen LogP contribution in [0.5, 0.6) is 0 Å². The topological polar surface area (TPSA) is 145 Å². The van der Waals surface area contributed by atoms with E-state index >= 15 is 0 Å².